The highest BCUT2D eigenvalue weighted by Gasteiger charge is 2.36. The Balaban J connectivity index is 1.41. The summed E-state index contributed by atoms with van der Waals surface area (Å²) in [6.07, 6.45) is 1.65. The van der Waals surface area contributed by atoms with E-state index >= 15 is 0 Å². The summed E-state index contributed by atoms with van der Waals surface area (Å²) in [7, 11) is 1.55. The van der Waals surface area contributed by atoms with Crippen LogP contribution in [0.25, 0.3) is 11.8 Å². The van der Waals surface area contributed by atoms with Gasteiger partial charge in [0.05, 0.1) is 18.4 Å². The lowest BCUT2D eigenvalue weighted by molar-refractivity contribution is -0.114. The molecule has 1 amide bonds. The minimum absolute atomic E-state index is 0.0816. The topological polar surface area (TPSA) is 75.0 Å². The van der Waals surface area contributed by atoms with Crippen LogP contribution in [0, 0.1) is 5.41 Å². The first kappa shape index (κ1) is 23.0. The van der Waals surface area contributed by atoms with Crippen LogP contribution in [-0.4, -0.2) is 28.9 Å². The van der Waals surface area contributed by atoms with Gasteiger partial charge in [0.15, 0.2) is 16.7 Å². The van der Waals surface area contributed by atoms with Gasteiger partial charge in [0.25, 0.3) is 5.91 Å². The van der Waals surface area contributed by atoms with Crippen LogP contribution in [0.4, 0.5) is 0 Å². The number of rotatable bonds is 6. The molecule has 0 aromatic heterocycles. The predicted octanol–water partition coefficient (Wildman–Crippen LogP) is 6.23. The number of fused-ring (bicyclic) bond motifs is 1. The highest BCUT2D eigenvalue weighted by Crippen LogP contribution is 2.38. The van der Waals surface area contributed by atoms with E-state index in [9.17, 15) is 4.79 Å². The van der Waals surface area contributed by atoms with Crippen LogP contribution in [0.2, 0.25) is 5.02 Å². The molecule has 0 unspecified atom stereocenters. The van der Waals surface area contributed by atoms with E-state index in [1.54, 1.807) is 30.2 Å². The fraction of sp³-hybridized carbons (Fsp3) is 0.0741. The van der Waals surface area contributed by atoms with Gasteiger partial charge < -0.3 is 9.47 Å². The Morgan fingerprint density at radius 3 is 2.60 bits per heavy atom. The maximum absolute atomic E-state index is 12.8. The molecule has 0 atom stereocenters. The lowest BCUT2D eigenvalue weighted by Gasteiger charge is -2.27. The van der Waals surface area contributed by atoms with Crippen LogP contribution in [0.15, 0.2) is 88.8 Å². The Kier molecular flexibility index (Phi) is 6.44. The van der Waals surface area contributed by atoms with Gasteiger partial charge in [-0.1, -0.05) is 78.0 Å². The molecule has 0 aliphatic carbocycles. The van der Waals surface area contributed by atoms with Crippen molar-refractivity contribution < 1.29 is 14.3 Å². The fourth-order valence-electron chi connectivity index (χ4n) is 3.75. The van der Waals surface area contributed by atoms with Crippen molar-refractivity contribution in [2.24, 2.45) is 4.99 Å². The molecule has 2 aliphatic heterocycles. The van der Waals surface area contributed by atoms with Gasteiger partial charge in [-0.3, -0.25) is 15.1 Å². The van der Waals surface area contributed by atoms with E-state index in [4.69, 9.17) is 26.5 Å². The molecule has 8 heteroatoms. The molecule has 5 rings (SSSR count). The first-order valence-electron chi connectivity index (χ1n) is 10.8. The smallest absolute Gasteiger partial charge is 0.283 e. The Morgan fingerprint density at radius 1 is 1.06 bits per heavy atom. The van der Waals surface area contributed by atoms with E-state index in [0.29, 0.717) is 27.3 Å². The summed E-state index contributed by atoms with van der Waals surface area (Å²) < 4.78 is 11.4. The first-order valence-corrected chi connectivity index (χ1v) is 12.0. The molecule has 35 heavy (non-hydrogen) atoms. The van der Waals surface area contributed by atoms with Crippen LogP contribution < -0.4 is 9.47 Å². The number of aliphatic imine (C=N–C) groups is 1. The largest absolute Gasteiger partial charge is 0.493 e. The second-order valence-corrected chi connectivity index (χ2v) is 8.96. The lowest BCUT2D eigenvalue weighted by Crippen LogP contribution is -2.38. The second kappa shape index (κ2) is 9.82. The molecule has 6 nitrogen and oxygen atoms in total. The average Bonchev–Trinajstić information content (AvgIpc) is 3.31. The number of nitrogens with one attached hydrogen (secondary N) is 1. The number of amidine groups is 2. The van der Waals surface area contributed by atoms with Gasteiger partial charge in [-0.25, -0.2) is 0 Å². The molecule has 174 valence electrons. The summed E-state index contributed by atoms with van der Waals surface area (Å²) in [5.41, 5.74) is 3.52. The van der Waals surface area contributed by atoms with Gasteiger partial charge in [0.2, 0.25) is 0 Å². The number of carbonyl (C=O) groups is 1. The van der Waals surface area contributed by atoms with Gasteiger partial charge in [0, 0.05) is 16.0 Å². The lowest BCUT2D eigenvalue weighted by atomic mass is 10.1. The molecule has 0 saturated heterocycles. The number of nitrogens with zero attached hydrogens (tertiary/aromatic N) is 2. The van der Waals surface area contributed by atoms with Crippen molar-refractivity contribution in [1.29, 1.82) is 5.41 Å². The summed E-state index contributed by atoms with van der Waals surface area (Å²) in [6.45, 7) is 0.290. The van der Waals surface area contributed by atoms with Crippen molar-refractivity contribution >= 4 is 52.0 Å². The molecule has 2 aliphatic rings. The summed E-state index contributed by atoms with van der Waals surface area (Å²) in [4.78, 5) is 18.7. The number of carbonyl (C=O) groups excluding carboxylic acids is 1. The molecule has 0 radical (unpaired) electrons. The molecule has 0 bridgehead atoms. The zero-order chi connectivity index (χ0) is 24.4. The third-order valence-corrected chi connectivity index (χ3v) is 6.72. The number of benzene rings is 3. The van der Waals surface area contributed by atoms with Crippen molar-refractivity contribution in [3.8, 4) is 11.5 Å². The van der Waals surface area contributed by atoms with Crippen LogP contribution in [0.1, 0.15) is 16.7 Å². The molecule has 3 aromatic carbocycles. The van der Waals surface area contributed by atoms with Gasteiger partial charge in [-0.15, -0.1) is 0 Å². The minimum atomic E-state index is -0.450. The molecule has 0 spiro atoms. The standard InChI is InChI=1S/C27H20ClN3O3S/c1-33-24-14-17(11-12-23(24)34-15-19-9-5-6-10-21(19)28)13-20-25(29)31-22(18-7-3-2-4-8-18)16-35-27(31)30-26(20)32/h2-14,16,29H,15H2,1H3/b20-13-,29-25?. The van der Waals surface area contributed by atoms with Crippen molar-refractivity contribution in [1.82, 2.24) is 4.90 Å². The van der Waals surface area contributed by atoms with Crippen LogP contribution in [0.5, 0.6) is 11.5 Å². The number of thioether (sulfide) groups is 1. The normalized spacial score (nSPS) is 16.2. The van der Waals surface area contributed by atoms with Crippen molar-refractivity contribution in [2.75, 3.05) is 7.11 Å². The van der Waals surface area contributed by atoms with E-state index in [2.05, 4.69) is 4.99 Å². The summed E-state index contributed by atoms with van der Waals surface area (Å²) in [5, 5.41) is 11.8. The molecule has 1 N–H and O–H groups in total. The minimum Gasteiger partial charge on any atom is -0.493 e. The molecule has 2 heterocycles. The number of hydrogen-bond acceptors (Lipinski definition) is 5. The maximum atomic E-state index is 12.8. The van der Waals surface area contributed by atoms with Gasteiger partial charge in [-0.2, -0.15) is 4.99 Å². The Hall–Kier alpha value is -3.81. The highest BCUT2D eigenvalue weighted by molar-refractivity contribution is 8.17. The van der Waals surface area contributed by atoms with E-state index < -0.39 is 5.91 Å². The summed E-state index contributed by atoms with van der Waals surface area (Å²) in [5.74, 6) is 0.685. The zero-order valence-electron chi connectivity index (χ0n) is 18.7. The molecule has 0 fully saturated rings. The summed E-state index contributed by atoms with van der Waals surface area (Å²) in [6, 6.07) is 22.6. The second-order valence-electron chi connectivity index (χ2n) is 7.72. The number of hydrogen-bond donors (Lipinski definition) is 1. The van der Waals surface area contributed by atoms with Crippen molar-refractivity contribution in [3.05, 3.63) is 105 Å². The van der Waals surface area contributed by atoms with Crippen LogP contribution >= 0.6 is 23.4 Å². The highest BCUT2D eigenvalue weighted by atomic mass is 35.5. The van der Waals surface area contributed by atoms with E-state index in [1.807, 2.05) is 66.1 Å². The van der Waals surface area contributed by atoms with Gasteiger partial charge in [-0.05, 0) is 35.4 Å². The fourth-order valence-corrected chi connectivity index (χ4v) is 4.82. The summed E-state index contributed by atoms with van der Waals surface area (Å²) >= 11 is 7.56. The third-order valence-electron chi connectivity index (χ3n) is 5.52. The van der Waals surface area contributed by atoms with Crippen molar-refractivity contribution in [2.45, 2.75) is 6.61 Å². The number of halogens is 1. The first-order chi connectivity index (χ1) is 17.0. The van der Waals surface area contributed by atoms with Crippen molar-refractivity contribution in [3.63, 3.8) is 0 Å². The Morgan fingerprint density at radius 2 is 1.83 bits per heavy atom. The van der Waals surface area contributed by atoms with E-state index in [0.717, 1.165) is 16.8 Å². The number of ether oxygens (including phenoxy) is 2. The average molecular weight is 502 g/mol. The predicted molar refractivity (Wildman–Crippen MR) is 141 cm³/mol. The molecular weight excluding hydrogens is 482 g/mol. The molecule has 0 saturated carbocycles. The van der Waals surface area contributed by atoms with Crippen LogP contribution in [-0.2, 0) is 11.4 Å². The van der Waals surface area contributed by atoms with E-state index in [-0.39, 0.29) is 18.0 Å². The SMILES string of the molecule is COc1cc(/C=C2/C(=N)N3C(c4ccccc4)=CSC3=NC2=O)ccc1OCc1ccccc1Cl. The van der Waals surface area contributed by atoms with Gasteiger partial charge >= 0.3 is 0 Å². The molecule has 3 aromatic rings. The molecular formula is C27H20ClN3O3S. The van der Waals surface area contributed by atoms with Gasteiger partial charge in [0.1, 0.15) is 12.4 Å². The van der Waals surface area contributed by atoms with Crippen LogP contribution in [0.3, 0.4) is 0 Å². The Labute approximate surface area is 212 Å². The quantitative estimate of drug-likeness (QED) is 0.405. The monoisotopic (exact) mass is 501 g/mol. The van der Waals surface area contributed by atoms with E-state index in [1.165, 1.54) is 11.8 Å². The number of amides is 1. The maximum Gasteiger partial charge on any atom is 0.283 e. The Bertz CT molecular complexity index is 1420. The number of methoxy groups -OCH3 is 1. The third kappa shape index (κ3) is 4.60. The zero-order valence-corrected chi connectivity index (χ0v) is 20.3.